The van der Waals surface area contributed by atoms with Crippen molar-refractivity contribution in [1.82, 2.24) is 10.0 Å². The smallest absolute Gasteiger partial charge is 0.243 e. The molecule has 2 aromatic carbocycles. The third-order valence-corrected chi connectivity index (χ3v) is 5.73. The number of amides is 2. The zero-order valence-corrected chi connectivity index (χ0v) is 17.2. The summed E-state index contributed by atoms with van der Waals surface area (Å²) in [7, 11) is -2.14. The van der Waals surface area contributed by atoms with E-state index in [0.717, 1.165) is 11.1 Å². The van der Waals surface area contributed by atoms with Crippen LogP contribution in [0.15, 0.2) is 47.4 Å². The summed E-state index contributed by atoms with van der Waals surface area (Å²) in [5, 5.41) is 5.63. The Kier molecular flexibility index (Phi) is 7.56. The van der Waals surface area contributed by atoms with E-state index in [0.29, 0.717) is 17.1 Å². The first-order valence-corrected chi connectivity index (χ1v) is 10.4. The SMILES string of the molecule is CNS(=O)(=O)c1ccc(CCC(=O)NCC(=O)Nc2ccc(C)cc2Cl)cc1. The normalized spacial score (nSPS) is 11.1. The van der Waals surface area contributed by atoms with Crippen molar-refractivity contribution in [2.75, 3.05) is 18.9 Å². The lowest BCUT2D eigenvalue weighted by atomic mass is 10.1. The second kappa shape index (κ2) is 9.68. The van der Waals surface area contributed by atoms with Gasteiger partial charge in [-0.1, -0.05) is 29.8 Å². The number of hydrogen-bond acceptors (Lipinski definition) is 4. The molecule has 0 saturated carbocycles. The van der Waals surface area contributed by atoms with E-state index in [1.54, 1.807) is 24.3 Å². The molecule has 2 amide bonds. The summed E-state index contributed by atoms with van der Waals surface area (Å²) in [5.41, 5.74) is 2.29. The number of benzene rings is 2. The predicted octanol–water partition coefficient (Wildman–Crippen LogP) is 2.24. The summed E-state index contributed by atoms with van der Waals surface area (Å²) < 4.78 is 25.6. The zero-order valence-electron chi connectivity index (χ0n) is 15.6. The van der Waals surface area contributed by atoms with Gasteiger partial charge in [0, 0.05) is 6.42 Å². The maximum atomic E-state index is 11.9. The van der Waals surface area contributed by atoms with Crippen LogP contribution in [0.3, 0.4) is 0 Å². The van der Waals surface area contributed by atoms with E-state index in [9.17, 15) is 18.0 Å². The van der Waals surface area contributed by atoms with E-state index in [1.165, 1.54) is 19.2 Å². The second-order valence-electron chi connectivity index (χ2n) is 6.16. The number of sulfonamides is 1. The van der Waals surface area contributed by atoms with Crippen LogP contribution in [0.5, 0.6) is 0 Å². The highest BCUT2D eigenvalue weighted by molar-refractivity contribution is 7.89. The maximum absolute atomic E-state index is 11.9. The van der Waals surface area contributed by atoms with Gasteiger partial charge in [-0.3, -0.25) is 9.59 Å². The number of anilines is 1. The molecule has 0 aliphatic rings. The highest BCUT2D eigenvalue weighted by Gasteiger charge is 2.11. The molecule has 0 saturated heterocycles. The molecule has 2 rings (SSSR count). The van der Waals surface area contributed by atoms with Gasteiger partial charge in [0.25, 0.3) is 0 Å². The lowest BCUT2D eigenvalue weighted by Crippen LogP contribution is -2.33. The summed E-state index contributed by atoms with van der Waals surface area (Å²) >= 11 is 6.06. The molecule has 0 aromatic heterocycles. The molecule has 7 nitrogen and oxygen atoms in total. The molecule has 0 bridgehead atoms. The van der Waals surface area contributed by atoms with Gasteiger partial charge in [-0.25, -0.2) is 13.1 Å². The third-order valence-electron chi connectivity index (χ3n) is 3.99. The highest BCUT2D eigenvalue weighted by Crippen LogP contribution is 2.22. The Balaban J connectivity index is 1.78. The summed E-state index contributed by atoms with van der Waals surface area (Å²) in [5.74, 6) is -0.655. The van der Waals surface area contributed by atoms with Crippen molar-refractivity contribution in [3.63, 3.8) is 0 Å². The quantitative estimate of drug-likeness (QED) is 0.605. The van der Waals surface area contributed by atoms with Crippen LogP contribution < -0.4 is 15.4 Å². The van der Waals surface area contributed by atoms with E-state index in [2.05, 4.69) is 15.4 Å². The number of carbonyl (C=O) groups is 2. The van der Waals surface area contributed by atoms with Crippen LogP contribution in [0.25, 0.3) is 0 Å². The molecule has 0 unspecified atom stereocenters. The van der Waals surface area contributed by atoms with Crippen LogP contribution in [0.1, 0.15) is 17.5 Å². The van der Waals surface area contributed by atoms with Crippen LogP contribution in [0.4, 0.5) is 5.69 Å². The van der Waals surface area contributed by atoms with Gasteiger partial charge in [0.1, 0.15) is 0 Å². The largest absolute Gasteiger partial charge is 0.347 e. The number of aryl methyl sites for hydroxylation is 2. The van der Waals surface area contributed by atoms with Gasteiger partial charge in [-0.2, -0.15) is 0 Å². The van der Waals surface area contributed by atoms with Crippen molar-refractivity contribution >= 4 is 39.1 Å². The van der Waals surface area contributed by atoms with Crippen LogP contribution in [0.2, 0.25) is 5.02 Å². The molecule has 28 heavy (non-hydrogen) atoms. The van der Waals surface area contributed by atoms with Gasteiger partial charge in [0.15, 0.2) is 0 Å². The average molecular weight is 424 g/mol. The van der Waals surface area contributed by atoms with Crippen LogP contribution in [0, 0.1) is 6.92 Å². The van der Waals surface area contributed by atoms with E-state index in [4.69, 9.17) is 11.6 Å². The molecule has 150 valence electrons. The Morgan fingerprint density at radius 2 is 1.71 bits per heavy atom. The molecule has 0 aliphatic carbocycles. The fourth-order valence-electron chi connectivity index (χ4n) is 2.39. The average Bonchev–Trinajstić information content (AvgIpc) is 2.67. The number of rotatable bonds is 8. The molecule has 0 aliphatic heterocycles. The third kappa shape index (κ3) is 6.33. The fourth-order valence-corrected chi connectivity index (χ4v) is 3.41. The Labute approximate surface area is 169 Å². The predicted molar refractivity (Wildman–Crippen MR) is 109 cm³/mol. The number of carbonyl (C=O) groups excluding carboxylic acids is 2. The minimum absolute atomic E-state index is 0.162. The number of hydrogen-bond donors (Lipinski definition) is 3. The molecule has 0 radical (unpaired) electrons. The van der Waals surface area contributed by atoms with Crippen molar-refractivity contribution in [2.24, 2.45) is 0 Å². The maximum Gasteiger partial charge on any atom is 0.243 e. The molecule has 3 N–H and O–H groups in total. The number of halogens is 1. The van der Waals surface area contributed by atoms with Crippen molar-refractivity contribution in [3.05, 3.63) is 58.6 Å². The van der Waals surface area contributed by atoms with Crippen LogP contribution >= 0.6 is 11.6 Å². The zero-order chi connectivity index (χ0) is 20.7. The standard InChI is InChI=1S/C19H22ClN3O4S/c1-13-3-9-17(16(20)11-13)23-19(25)12-22-18(24)10-6-14-4-7-15(8-5-14)28(26,27)21-2/h3-5,7-9,11,21H,6,10,12H2,1-2H3,(H,22,24)(H,23,25). The van der Waals surface area contributed by atoms with Gasteiger partial charge >= 0.3 is 0 Å². The topological polar surface area (TPSA) is 104 Å². The Bertz CT molecular complexity index is 960. The van der Waals surface area contributed by atoms with Crippen molar-refractivity contribution in [2.45, 2.75) is 24.7 Å². The lowest BCUT2D eigenvalue weighted by Gasteiger charge is -2.09. The minimum atomic E-state index is -3.48. The first-order chi connectivity index (χ1) is 13.2. The molecule has 9 heteroatoms. The number of nitrogens with one attached hydrogen (secondary N) is 3. The Hall–Kier alpha value is -2.42. The summed E-state index contributed by atoms with van der Waals surface area (Å²) in [6.45, 7) is 1.73. The van der Waals surface area contributed by atoms with Crippen LogP contribution in [-0.2, 0) is 26.0 Å². The van der Waals surface area contributed by atoms with Crippen molar-refractivity contribution in [1.29, 1.82) is 0 Å². The molecule has 0 fully saturated rings. The first kappa shape index (κ1) is 21.9. The van der Waals surface area contributed by atoms with E-state index >= 15 is 0 Å². The second-order valence-corrected chi connectivity index (χ2v) is 8.45. The monoisotopic (exact) mass is 423 g/mol. The lowest BCUT2D eigenvalue weighted by molar-refractivity contribution is -0.124. The molecule has 0 spiro atoms. The van der Waals surface area contributed by atoms with Crippen molar-refractivity contribution in [3.8, 4) is 0 Å². The van der Waals surface area contributed by atoms with E-state index in [-0.39, 0.29) is 29.7 Å². The molecule has 0 heterocycles. The summed E-state index contributed by atoms with van der Waals surface area (Å²) in [4.78, 5) is 24.0. The Morgan fingerprint density at radius 3 is 2.32 bits per heavy atom. The molecule has 2 aromatic rings. The van der Waals surface area contributed by atoms with Gasteiger partial charge in [-0.15, -0.1) is 0 Å². The molecular formula is C19H22ClN3O4S. The highest BCUT2D eigenvalue weighted by atomic mass is 35.5. The van der Waals surface area contributed by atoms with E-state index in [1.807, 2.05) is 13.0 Å². The summed E-state index contributed by atoms with van der Waals surface area (Å²) in [6, 6.07) is 11.5. The Morgan fingerprint density at radius 1 is 1.04 bits per heavy atom. The summed E-state index contributed by atoms with van der Waals surface area (Å²) in [6.07, 6.45) is 0.605. The van der Waals surface area contributed by atoms with Gasteiger partial charge in [0.2, 0.25) is 21.8 Å². The van der Waals surface area contributed by atoms with Gasteiger partial charge < -0.3 is 10.6 Å². The van der Waals surface area contributed by atoms with Gasteiger partial charge in [-0.05, 0) is 55.8 Å². The minimum Gasteiger partial charge on any atom is -0.347 e. The fraction of sp³-hybridized carbons (Fsp3) is 0.263. The first-order valence-electron chi connectivity index (χ1n) is 8.56. The van der Waals surface area contributed by atoms with E-state index < -0.39 is 10.0 Å². The molecular weight excluding hydrogens is 402 g/mol. The van der Waals surface area contributed by atoms with Crippen molar-refractivity contribution < 1.29 is 18.0 Å². The van der Waals surface area contributed by atoms with Gasteiger partial charge in [0.05, 0.1) is 22.2 Å². The van der Waals surface area contributed by atoms with Crippen LogP contribution in [-0.4, -0.2) is 33.8 Å². The molecule has 0 atom stereocenters.